The average molecular weight is 264 g/mol. The Kier molecular flexibility index (Phi) is 6.79. The van der Waals surface area contributed by atoms with Crippen molar-refractivity contribution >= 4 is 11.6 Å². The lowest BCUT2D eigenvalue weighted by atomic mass is 10.3. The second-order valence-corrected chi connectivity index (χ2v) is 4.46. The van der Waals surface area contributed by atoms with Crippen LogP contribution in [0.25, 0.3) is 0 Å². The van der Waals surface area contributed by atoms with Gasteiger partial charge in [-0.05, 0) is 37.1 Å². The highest BCUT2D eigenvalue weighted by atomic mass is 16.5. The highest BCUT2D eigenvalue weighted by Crippen LogP contribution is 2.14. The fourth-order valence-corrected chi connectivity index (χ4v) is 1.90. The topological polar surface area (TPSA) is 41.6 Å². The Morgan fingerprint density at radius 3 is 2.21 bits per heavy atom. The fourth-order valence-electron chi connectivity index (χ4n) is 1.90. The zero-order valence-electron chi connectivity index (χ0n) is 12.1. The quantitative estimate of drug-likeness (QED) is 0.785. The first-order valence-electron chi connectivity index (χ1n) is 6.87. The van der Waals surface area contributed by atoms with Crippen LogP contribution in [0.5, 0.6) is 5.75 Å². The van der Waals surface area contributed by atoms with E-state index in [9.17, 15) is 4.79 Å². The molecule has 0 saturated heterocycles. The molecule has 0 unspecified atom stereocenters. The summed E-state index contributed by atoms with van der Waals surface area (Å²) in [5.74, 6) is 0.968. The number of nitrogens with one attached hydrogen (secondary N) is 1. The van der Waals surface area contributed by atoms with Crippen LogP contribution < -0.4 is 10.1 Å². The van der Waals surface area contributed by atoms with E-state index in [1.807, 2.05) is 29.2 Å². The monoisotopic (exact) mass is 264 g/mol. The third-order valence-corrected chi connectivity index (χ3v) is 2.87. The number of benzene rings is 1. The third-order valence-electron chi connectivity index (χ3n) is 2.87. The van der Waals surface area contributed by atoms with Gasteiger partial charge in [0.05, 0.1) is 13.7 Å². The first kappa shape index (κ1) is 15.3. The summed E-state index contributed by atoms with van der Waals surface area (Å²) in [6, 6.07) is 7.58. The number of nitrogens with zero attached hydrogens (tertiary/aromatic N) is 1. The Bertz CT molecular complexity index is 370. The number of carbonyl (C=O) groups is 1. The van der Waals surface area contributed by atoms with Crippen molar-refractivity contribution in [3.63, 3.8) is 0 Å². The molecule has 4 heteroatoms. The molecule has 0 aliphatic rings. The van der Waals surface area contributed by atoms with Crippen molar-refractivity contribution in [2.24, 2.45) is 0 Å². The molecule has 0 aliphatic heterocycles. The van der Waals surface area contributed by atoms with Gasteiger partial charge in [-0.25, -0.2) is 0 Å². The molecule has 4 nitrogen and oxygen atoms in total. The zero-order valence-corrected chi connectivity index (χ0v) is 12.1. The van der Waals surface area contributed by atoms with Crippen molar-refractivity contribution in [3.05, 3.63) is 24.3 Å². The molecule has 0 heterocycles. The minimum Gasteiger partial charge on any atom is -0.497 e. The molecular formula is C15H24N2O2. The molecule has 106 valence electrons. The molecule has 1 aromatic carbocycles. The van der Waals surface area contributed by atoms with E-state index >= 15 is 0 Å². The summed E-state index contributed by atoms with van der Waals surface area (Å²) in [5, 5.41) is 3.15. The highest BCUT2D eigenvalue weighted by molar-refractivity contribution is 5.80. The van der Waals surface area contributed by atoms with Gasteiger partial charge in [0.1, 0.15) is 5.75 Å². The average Bonchev–Trinajstić information content (AvgIpc) is 2.45. The molecule has 0 spiro atoms. The maximum atomic E-state index is 12.1. The van der Waals surface area contributed by atoms with E-state index in [1.165, 1.54) is 0 Å². The Morgan fingerprint density at radius 2 is 1.74 bits per heavy atom. The van der Waals surface area contributed by atoms with Gasteiger partial charge >= 0.3 is 0 Å². The second kappa shape index (κ2) is 8.40. The standard InChI is InChI=1S/C15H24N2O2/c1-4-10-17(11-5-2)15(18)12-16-13-6-8-14(19-3)9-7-13/h6-9,16H,4-5,10-12H2,1-3H3. The van der Waals surface area contributed by atoms with Crippen molar-refractivity contribution in [3.8, 4) is 5.75 Å². The number of rotatable bonds is 8. The minimum atomic E-state index is 0.152. The molecule has 0 radical (unpaired) electrons. The lowest BCUT2D eigenvalue weighted by molar-refractivity contribution is -0.129. The molecule has 1 N–H and O–H groups in total. The summed E-state index contributed by atoms with van der Waals surface area (Å²) in [4.78, 5) is 14.0. The largest absolute Gasteiger partial charge is 0.497 e. The van der Waals surface area contributed by atoms with E-state index in [0.29, 0.717) is 6.54 Å². The first-order chi connectivity index (χ1) is 9.21. The van der Waals surface area contributed by atoms with Crippen LogP contribution in [-0.4, -0.2) is 37.6 Å². The van der Waals surface area contributed by atoms with Crippen molar-refractivity contribution in [2.45, 2.75) is 26.7 Å². The molecule has 0 aliphatic carbocycles. The molecule has 0 fully saturated rings. The Morgan fingerprint density at radius 1 is 1.16 bits per heavy atom. The predicted molar refractivity (Wildman–Crippen MR) is 78.6 cm³/mol. The normalized spacial score (nSPS) is 10.1. The van der Waals surface area contributed by atoms with Gasteiger partial charge < -0.3 is 15.0 Å². The van der Waals surface area contributed by atoms with Gasteiger partial charge in [0, 0.05) is 18.8 Å². The molecule has 0 aromatic heterocycles. The number of hydrogen-bond donors (Lipinski definition) is 1. The van der Waals surface area contributed by atoms with Crippen molar-refractivity contribution < 1.29 is 9.53 Å². The molecule has 1 aromatic rings. The number of anilines is 1. The number of ether oxygens (including phenoxy) is 1. The van der Waals surface area contributed by atoms with Gasteiger partial charge in [0.15, 0.2) is 0 Å². The molecule has 1 amide bonds. The summed E-state index contributed by atoms with van der Waals surface area (Å²) in [7, 11) is 1.64. The Balaban J connectivity index is 2.46. The minimum absolute atomic E-state index is 0.152. The van der Waals surface area contributed by atoms with Gasteiger partial charge in [-0.3, -0.25) is 4.79 Å². The summed E-state index contributed by atoms with van der Waals surface area (Å²) < 4.78 is 5.09. The number of methoxy groups -OCH3 is 1. The summed E-state index contributed by atoms with van der Waals surface area (Å²) in [6.45, 7) is 6.18. The fraction of sp³-hybridized carbons (Fsp3) is 0.533. The van der Waals surface area contributed by atoms with Crippen molar-refractivity contribution in [1.82, 2.24) is 4.90 Å². The van der Waals surface area contributed by atoms with Crippen LogP contribution in [0, 0.1) is 0 Å². The second-order valence-electron chi connectivity index (χ2n) is 4.46. The molecular weight excluding hydrogens is 240 g/mol. The number of amides is 1. The van der Waals surface area contributed by atoms with E-state index in [1.54, 1.807) is 7.11 Å². The zero-order chi connectivity index (χ0) is 14.1. The lowest BCUT2D eigenvalue weighted by Gasteiger charge is -2.21. The smallest absolute Gasteiger partial charge is 0.241 e. The Labute approximate surface area is 115 Å². The van der Waals surface area contributed by atoms with E-state index in [0.717, 1.165) is 37.4 Å². The molecule has 0 saturated carbocycles. The third kappa shape index (κ3) is 5.20. The van der Waals surface area contributed by atoms with E-state index in [2.05, 4.69) is 19.2 Å². The number of hydrogen-bond acceptors (Lipinski definition) is 3. The summed E-state index contributed by atoms with van der Waals surface area (Å²) in [5.41, 5.74) is 0.932. The van der Waals surface area contributed by atoms with Crippen LogP contribution in [0.4, 0.5) is 5.69 Å². The van der Waals surface area contributed by atoms with Crippen molar-refractivity contribution in [1.29, 1.82) is 0 Å². The van der Waals surface area contributed by atoms with Crippen LogP contribution in [0.1, 0.15) is 26.7 Å². The van der Waals surface area contributed by atoms with Gasteiger partial charge in [0.2, 0.25) is 5.91 Å². The van der Waals surface area contributed by atoms with Crippen LogP contribution in [-0.2, 0) is 4.79 Å². The van der Waals surface area contributed by atoms with Gasteiger partial charge in [-0.15, -0.1) is 0 Å². The summed E-state index contributed by atoms with van der Waals surface area (Å²) in [6.07, 6.45) is 1.99. The van der Waals surface area contributed by atoms with Gasteiger partial charge in [-0.2, -0.15) is 0 Å². The predicted octanol–water partition coefficient (Wildman–Crippen LogP) is 2.76. The van der Waals surface area contributed by atoms with Crippen LogP contribution in [0.3, 0.4) is 0 Å². The maximum Gasteiger partial charge on any atom is 0.241 e. The molecule has 1 rings (SSSR count). The number of carbonyl (C=O) groups excluding carboxylic acids is 1. The van der Waals surface area contributed by atoms with Gasteiger partial charge in [-0.1, -0.05) is 13.8 Å². The maximum absolute atomic E-state index is 12.1. The molecule has 19 heavy (non-hydrogen) atoms. The first-order valence-corrected chi connectivity index (χ1v) is 6.87. The SMILES string of the molecule is CCCN(CCC)C(=O)CNc1ccc(OC)cc1. The molecule has 0 atom stereocenters. The van der Waals surface area contributed by atoms with Crippen LogP contribution in [0.15, 0.2) is 24.3 Å². The summed E-state index contributed by atoms with van der Waals surface area (Å²) >= 11 is 0. The van der Waals surface area contributed by atoms with Crippen LogP contribution in [0.2, 0.25) is 0 Å². The van der Waals surface area contributed by atoms with Gasteiger partial charge in [0.25, 0.3) is 0 Å². The van der Waals surface area contributed by atoms with E-state index in [-0.39, 0.29) is 5.91 Å². The van der Waals surface area contributed by atoms with E-state index < -0.39 is 0 Å². The van der Waals surface area contributed by atoms with Crippen molar-refractivity contribution in [2.75, 3.05) is 32.1 Å². The highest BCUT2D eigenvalue weighted by Gasteiger charge is 2.10. The lowest BCUT2D eigenvalue weighted by Crippen LogP contribution is -2.36. The van der Waals surface area contributed by atoms with Crippen LogP contribution >= 0.6 is 0 Å². The Hall–Kier alpha value is -1.71. The molecule has 0 bridgehead atoms. The van der Waals surface area contributed by atoms with E-state index in [4.69, 9.17) is 4.74 Å².